The minimum Gasteiger partial charge on any atom is -0.474 e. The molecular weight excluding hydrogens is 350 g/mol. The maximum absolute atomic E-state index is 9.59. The van der Waals surface area contributed by atoms with E-state index in [-0.39, 0.29) is 5.91 Å². The van der Waals surface area contributed by atoms with Crippen molar-refractivity contribution < 1.29 is 14.6 Å². The lowest BCUT2D eigenvalue weighted by molar-refractivity contribution is -0.117. The molecule has 1 amide bonds. The van der Waals surface area contributed by atoms with E-state index in [4.69, 9.17) is 9.84 Å². The monoisotopic (exact) mass is 379 g/mol. The first kappa shape index (κ1) is 20.6. The molecule has 0 bridgehead atoms. The van der Waals surface area contributed by atoms with Gasteiger partial charge in [0, 0.05) is 18.4 Å². The first-order chi connectivity index (χ1) is 12.7. The van der Waals surface area contributed by atoms with Crippen LogP contribution in [0.3, 0.4) is 0 Å². The number of aryl methyl sites for hydroxylation is 2. The number of primary amides is 1. The Bertz CT molecular complexity index is 711. The summed E-state index contributed by atoms with van der Waals surface area (Å²) in [6, 6.07) is 0. The molecule has 0 spiro atoms. The van der Waals surface area contributed by atoms with Crippen molar-refractivity contribution in [2.45, 2.75) is 70.8 Å². The molecule has 2 heterocycles. The standard InChI is InChI=1S/C15H18N2OS.C3H7NO.CH4O/c1-2-5-10(6-3-1)18-14-13-11-7-4-8-12(11)19-15(13)17-9-16-14;1-2-3(4)5;1-2/h9-10H,1-8H2;2H2,1H3,(H2,4,5);2H,1H3. The van der Waals surface area contributed by atoms with Crippen molar-refractivity contribution in [3.63, 3.8) is 0 Å². The van der Waals surface area contributed by atoms with Gasteiger partial charge in [0.05, 0.1) is 5.39 Å². The van der Waals surface area contributed by atoms with Crippen molar-refractivity contribution in [2.75, 3.05) is 7.11 Å². The minimum absolute atomic E-state index is 0.245. The number of amides is 1. The molecule has 2 aromatic rings. The fraction of sp³-hybridized carbons (Fsp3) is 0.632. The summed E-state index contributed by atoms with van der Waals surface area (Å²) in [6.45, 7) is 1.72. The lowest BCUT2D eigenvalue weighted by Crippen LogP contribution is -2.20. The summed E-state index contributed by atoms with van der Waals surface area (Å²) >= 11 is 1.83. The van der Waals surface area contributed by atoms with E-state index in [9.17, 15) is 4.79 Å². The predicted octanol–water partition coefficient (Wildman–Crippen LogP) is 3.38. The van der Waals surface area contributed by atoms with Gasteiger partial charge in [-0.25, -0.2) is 9.97 Å². The van der Waals surface area contributed by atoms with E-state index >= 15 is 0 Å². The van der Waals surface area contributed by atoms with Crippen molar-refractivity contribution in [3.05, 3.63) is 16.8 Å². The highest BCUT2D eigenvalue weighted by atomic mass is 32.1. The zero-order valence-electron chi connectivity index (χ0n) is 15.7. The van der Waals surface area contributed by atoms with Crippen LogP contribution in [0.2, 0.25) is 0 Å². The third-order valence-corrected chi connectivity index (χ3v) is 5.85. The molecule has 26 heavy (non-hydrogen) atoms. The van der Waals surface area contributed by atoms with E-state index in [1.54, 1.807) is 13.3 Å². The van der Waals surface area contributed by atoms with Gasteiger partial charge in [-0.1, -0.05) is 13.3 Å². The topological polar surface area (TPSA) is 98.3 Å². The third-order valence-electron chi connectivity index (χ3n) is 4.65. The lowest BCUT2D eigenvalue weighted by atomic mass is 9.98. The zero-order chi connectivity index (χ0) is 18.9. The number of carbonyl (C=O) groups excluding carboxylic acids is 1. The molecule has 4 rings (SSSR count). The molecule has 2 aromatic heterocycles. The number of thiophene rings is 1. The summed E-state index contributed by atoms with van der Waals surface area (Å²) in [7, 11) is 1.00. The van der Waals surface area contributed by atoms with Gasteiger partial charge in [0.2, 0.25) is 11.8 Å². The summed E-state index contributed by atoms with van der Waals surface area (Å²) in [6.07, 6.45) is 12.4. The van der Waals surface area contributed by atoms with Crippen LogP contribution >= 0.6 is 11.3 Å². The Morgan fingerprint density at radius 3 is 2.58 bits per heavy atom. The van der Waals surface area contributed by atoms with Crippen LogP contribution < -0.4 is 10.5 Å². The van der Waals surface area contributed by atoms with Gasteiger partial charge in [-0.05, 0) is 50.5 Å². The Labute approximate surface area is 158 Å². The van der Waals surface area contributed by atoms with Crippen molar-refractivity contribution in [1.29, 1.82) is 0 Å². The number of aliphatic hydroxyl groups is 1. The Balaban J connectivity index is 0.000000304. The summed E-state index contributed by atoms with van der Waals surface area (Å²) in [5, 5.41) is 8.21. The van der Waals surface area contributed by atoms with Gasteiger partial charge in [-0.2, -0.15) is 0 Å². The normalized spacial score (nSPS) is 16.1. The average molecular weight is 380 g/mol. The maximum atomic E-state index is 9.59. The summed E-state index contributed by atoms with van der Waals surface area (Å²) < 4.78 is 6.21. The van der Waals surface area contributed by atoms with Gasteiger partial charge in [-0.3, -0.25) is 4.79 Å². The van der Waals surface area contributed by atoms with E-state index in [1.165, 1.54) is 67.2 Å². The van der Waals surface area contributed by atoms with Crippen LogP contribution in [0.1, 0.15) is 62.3 Å². The Morgan fingerprint density at radius 1 is 1.23 bits per heavy atom. The molecule has 144 valence electrons. The molecule has 6 nitrogen and oxygen atoms in total. The summed E-state index contributed by atoms with van der Waals surface area (Å²) in [5.74, 6) is 0.598. The Kier molecular flexibility index (Phi) is 8.25. The molecule has 2 aliphatic carbocycles. The molecule has 0 radical (unpaired) electrons. The number of hydrogen-bond acceptors (Lipinski definition) is 6. The van der Waals surface area contributed by atoms with Crippen LogP contribution in [0.25, 0.3) is 10.2 Å². The van der Waals surface area contributed by atoms with E-state index in [1.807, 2.05) is 11.3 Å². The summed E-state index contributed by atoms with van der Waals surface area (Å²) in [4.78, 5) is 21.1. The SMILES string of the molecule is CCC(N)=O.CO.c1nc(OC2CCCCC2)c2c3c(sc2n1)CCC3. The van der Waals surface area contributed by atoms with Gasteiger partial charge in [-0.15, -0.1) is 11.3 Å². The Hall–Kier alpha value is -1.73. The number of carbonyl (C=O) groups is 1. The van der Waals surface area contributed by atoms with Crippen LogP contribution in [0.15, 0.2) is 6.33 Å². The second kappa shape index (κ2) is 10.4. The molecule has 0 aromatic carbocycles. The number of ether oxygens (including phenoxy) is 1. The van der Waals surface area contributed by atoms with E-state index < -0.39 is 0 Å². The molecule has 0 unspecified atom stereocenters. The number of fused-ring (bicyclic) bond motifs is 3. The predicted molar refractivity (Wildman–Crippen MR) is 105 cm³/mol. The number of nitrogens with zero attached hydrogens (tertiary/aromatic N) is 2. The molecular formula is C19H29N3O3S. The van der Waals surface area contributed by atoms with E-state index in [0.717, 1.165) is 17.8 Å². The second-order valence-corrected chi connectivity index (χ2v) is 7.50. The molecule has 3 N–H and O–H groups in total. The zero-order valence-corrected chi connectivity index (χ0v) is 16.5. The minimum atomic E-state index is -0.245. The molecule has 1 saturated carbocycles. The fourth-order valence-corrected chi connectivity index (χ4v) is 4.55. The highest BCUT2D eigenvalue weighted by molar-refractivity contribution is 7.18. The van der Waals surface area contributed by atoms with Crippen LogP contribution in [0, 0.1) is 0 Å². The first-order valence-corrected chi connectivity index (χ1v) is 10.2. The molecule has 1 fully saturated rings. The van der Waals surface area contributed by atoms with Crippen molar-refractivity contribution in [3.8, 4) is 5.88 Å². The van der Waals surface area contributed by atoms with Gasteiger partial charge in [0.1, 0.15) is 17.3 Å². The van der Waals surface area contributed by atoms with Gasteiger partial charge < -0.3 is 15.6 Å². The first-order valence-electron chi connectivity index (χ1n) is 9.34. The molecule has 0 saturated heterocycles. The molecule has 2 aliphatic rings. The smallest absolute Gasteiger partial charge is 0.225 e. The van der Waals surface area contributed by atoms with E-state index in [2.05, 4.69) is 15.7 Å². The van der Waals surface area contributed by atoms with Crippen molar-refractivity contribution in [1.82, 2.24) is 9.97 Å². The van der Waals surface area contributed by atoms with Crippen LogP contribution in [0.5, 0.6) is 5.88 Å². The lowest BCUT2D eigenvalue weighted by Gasteiger charge is -2.22. The van der Waals surface area contributed by atoms with Crippen molar-refractivity contribution in [2.24, 2.45) is 5.73 Å². The highest BCUT2D eigenvalue weighted by Crippen LogP contribution is 2.40. The highest BCUT2D eigenvalue weighted by Gasteiger charge is 2.23. The van der Waals surface area contributed by atoms with Gasteiger partial charge >= 0.3 is 0 Å². The average Bonchev–Trinajstić information content (AvgIpc) is 3.26. The molecule has 7 heteroatoms. The number of rotatable bonds is 3. The third kappa shape index (κ3) is 5.14. The maximum Gasteiger partial charge on any atom is 0.225 e. The second-order valence-electron chi connectivity index (χ2n) is 6.41. The number of aromatic nitrogens is 2. The largest absolute Gasteiger partial charge is 0.474 e. The molecule has 0 aliphatic heterocycles. The quantitative estimate of drug-likeness (QED) is 0.852. The fourth-order valence-electron chi connectivity index (χ4n) is 3.33. The number of nitrogens with two attached hydrogens (primary N) is 1. The van der Waals surface area contributed by atoms with Gasteiger partial charge in [0.25, 0.3) is 0 Å². The molecule has 0 atom stereocenters. The number of hydrogen-bond donors (Lipinski definition) is 2. The van der Waals surface area contributed by atoms with Gasteiger partial charge in [0.15, 0.2) is 0 Å². The van der Waals surface area contributed by atoms with Crippen molar-refractivity contribution >= 4 is 27.5 Å². The van der Waals surface area contributed by atoms with Crippen LogP contribution in [0.4, 0.5) is 0 Å². The van der Waals surface area contributed by atoms with Crippen LogP contribution in [-0.4, -0.2) is 34.2 Å². The van der Waals surface area contributed by atoms with E-state index in [0.29, 0.717) is 12.5 Å². The summed E-state index contributed by atoms with van der Waals surface area (Å²) in [5.41, 5.74) is 6.12. The Morgan fingerprint density at radius 2 is 1.92 bits per heavy atom. The number of aliphatic hydroxyl groups excluding tert-OH is 1. The van der Waals surface area contributed by atoms with Crippen LogP contribution in [-0.2, 0) is 17.6 Å².